The molecule has 3 heterocycles. The molecule has 48 heavy (non-hydrogen) atoms. The van der Waals surface area contributed by atoms with Crippen molar-refractivity contribution in [3.8, 4) is 0 Å². The lowest BCUT2D eigenvalue weighted by Crippen LogP contribution is -2.57. The van der Waals surface area contributed by atoms with Crippen LogP contribution in [0.1, 0.15) is 47.6 Å². The number of likely N-dealkylation sites (N-methyl/N-ethyl adjacent to an activating group) is 1. The van der Waals surface area contributed by atoms with Crippen LogP contribution in [0.2, 0.25) is 0 Å². The van der Waals surface area contributed by atoms with Gasteiger partial charge in [-0.25, -0.2) is 22.0 Å². The molecule has 0 spiro atoms. The molecule has 258 valence electrons. The van der Waals surface area contributed by atoms with E-state index in [-0.39, 0.29) is 47.1 Å². The number of alkyl halides is 3. The summed E-state index contributed by atoms with van der Waals surface area (Å²) < 4.78 is 96.5. The van der Waals surface area contributed by atoms with Gasteiger partial charge in [0.2, 0.25) is 15.9 Å². The molecular formula is C32H34F5N5O5S. The van der Waals surface area contributed by atoms with Crippen molar-refractivity contribution in [2.75, 3.05) is 31.2 Å². The van der Waals surface area contributed by atoms with Gasteiger partial charge in [-0.2, -0.15) is 17.5 Å². The Morgan fingerprint density at radius 2 is 1.85 bits per heavy atom. The number of carbonyl (C=O) groups excluding carboxylic acids is 1. The van der Waals surface area contributed by atoms with Crippen LogP contribution in [-0.2, 0) is 27.4 Å². The van der Waals surface area contributed by atoms with Crippen molar-refractivity contribution < 1.29 is 45.1 Å². The molecule has 2 amide bonds. The Hall–Kier alpha value is -4.15. The van der Waals surface area contributed by atoms with Gasteiger partial charge in [0.05, 0.1) is 22.9 Å². The van der Waals surface area contributed by atoms with Crippen LogP contribution < -0.4 is 10.6 Å². The number of amides is 2. The number of carbonyl (C=O) groups is 2. The summed E-state index contributed by atoms with van der Waals surface area (Å²) in [7, 11) is -2.42. The number of piperazine rings is 1. The molecule has 5 atom stereocenters. The summed E-state index contributed by atoms with van der Waals surface area (Å²) in [6.45, 7) is 0.671. The fourth-order valence-electron chi connectivity index (χ4n) is 6.30. The SMILES string of the molecule is CN(C(=O)O)C(C(=O)Nc1cccc(F)c1CC[C@H]1CN[C@@H]2CCCS(=O)(=O)N1C2)C(c1ccc(F)cc1)c1ccc(C(F)(F)F)cn1. The zero-order valence-electron chi connectivity index (χ0n) is 25.8. The quantitative estimate of drug-likeness (QED) is 0.274. The van der Waals surface area contributed by atoms with Gasteiger partial charge in [0.15, 0.2) is 0 Å². The van der Waals surface area contributed by atoms with E-state index >= 15 is 4.39 Å². The molecule has 0 radical (unpaired) electrons. The van der Waals surface area contributed by atoms with E-state index in [1.165, 1.54) is 34.6 Å². The van der Waals surface area contributed by atoms with E-state index in [1.807, 2.05) is 0 Å². The Labute approximate surface area is 274 Å². The van der Waals surface area contributed by atoms with Gasteiger partial charge in [0, 0.05) is 49.7 Å². The Bertz CT molecular complexity index is 1740. The number of hydrogen-bond donors (Lipinski definition) is 3. The fraction of sp³-hybridized carbons (Fsp3) is 0.406. The maximum Gasteiger partial charge on any atom is 0.417 e. The molecule has 16 heteroatoms. The Morgan fingerprint density at radius 1 is 1.12 bits per heavy atom. The van der Waals surface area contributed by atoms with Crippen LogP contribution in [0.5, 0.6) is 0 Å². The second kappa shape index (κ2) is 14.1. The van der Waals surface area contributed by atoms with Gasteiger partial charge in [0.1, 0.15) is 17.7 Å². The van der Waals surface area contributed by atoms with Crippen molar-refractivity contribution >= 4 is 27.7 Å². The number of carboxylic acid groups (broad SMARTS) is 1. The number of hydrogen-bond acceptors (Lipinski definition) is 6. The largest absolute Gasteiger partial charge is 0.465 e. The fourth-order valence-corrected chi connectivity index (χ4v) is 8.11. The zero-order chi connectivity index (χ0) is 34.8. The van der Waals surface area contributed by atoms with Gasteiger partial charge in [-0.15, -0.1) is 0 Å². The van der Waals surface area contributed by atoms with Gasteiger partial charge < -0.3 is 15.7 Å². The van der Waals surface area contributed by atoms with Gasteiger partial charge in [-0.3, -0.25) is 14.7 Å². The van der Waals surface area contributed by atoms with Crippen LogP contribution in [-0.4, -0.2) is 83.7 Å². The monoisotopic (exact) mass is 695 g/mol. The van der Waals surface area contributed by atoms with Crippen LogP contribution in [0.3, 0.4) is 0 Å². The summed E-state index contributed by atoms with van der Waals surface area (Å²) in [6.07, 6.45) is -4.24. The summed E-state index contributed by atoms with van der Waals surface area (Å²) in [6, 6.07) is 8.22. The van der Waals surface area contributed by atoms with E-state index in [0.29, 0.717) is 30.6 Å². The summed E-state index contributed by atoms with van der Waals surface area (Å²) in [5.74, 6) is -3.59. The van der Waals surface area contributed by atoms with Gasteiger partial charge in [0.25, 0.3) is 0 Å². The molecule has 3 aromatic rings. The highest BCUT2D eigenvalue weighted by atomic mass is 32.2. The van der Waals surface area contributed by atoms with Crippen LogP contribution in [0.25, 0.3) is 0 Å². The number of sulfonamides is 1. The molecule has 3 N–H and O–H groups in total. The normalized spacial score (nSPS) is 21.8. The Morgan fingerprint density at radius 3 is 2.50 bits per heavy atom. The smallest absolute Gasteiger partial charge is 0.417 e. The maximum absolute atomic E-state index is 15.3. The number of fused-ring (bicyclic) bond motifs is 2. The topological polar surface area (TPSA) is 132 Å². The minimum absolute atomic E-state index is 0.00221. The first-order valence-electron chi connectivity index (χ1n) is 15.2. The highest BCUT2D eigenvalue weighted by Crippen LogP contribution is 2.34. The molecule has 2 bridgehead atoms. The predicted molar refractivity (Wildman–Crippen MR) is 166 cm³/mol. The minimum Gasteiger partial charge on any atom is -0.465 e. The van der Waals surface area contributed by atoms with Crippen LogP contribution in [0.4, 0.5) is 32.4 Å². The molecule has 2 aromatic carbocycles. The van der Waals surface area contributed by atoms with E-state index in [4.69, 9.17) is 0 Å². The number of halogens is 5. The number of aromatic nitrogens is 1. The number of pyridine rings is 1. The summed E-state index contributed by atoms with van der Waals surface area (Å²) in [5.41, 5.74) is -0.940. The first kappa shape index (κ1) is 35.2. The molecule has 1 aromatic heterocycles. The molecule has 3 unspecified atom stereocenters. The van der Waals surface area contributed by atoms with Crippen molar-refractivity contribution in [1.29, 1.82) is 0 Å². The molecule has 2 aliphatic heterocycles. The van der Waals surface area contributed by atoms with Crippen molar-refractivity contribution in [2.24, 2.45) is 0 Å². The Balaban J connectivity index is 1.47. The standard InChI is InChI=1S/C32H34F5N5O5S/c1-41(31(44)45)29(28(19-7-10-21(33)11-8-19)27-14-9-20(16-39-27)32(35,36)37)30(43)40-26-6-2-5-25(34)24(26)13-12-23-17-38-22-4-3-15-48(46,47)42(23)18-22/h2,5-11,14,16,22-23,28-29,38H,3-4,12-13,15,17-18H2,1H3,(H,40,43)(H,44,45)/t22-,23+,28?,29?/m1/s1. The lowest BCUT2D eigenvalue weighted by molar-refractivity contribution is -0.137. The summed E-state index contributed by atoms with van der Waals surface area (Å²) in [5, 5.41) is 15.9. The molecule has 5 rings (SSSR count). The molecule has 2 aliphatic rings. The van der Waals surface area contributed by atoms with E-state index in [2.05, 4.69) is 15.6 Å². The number of nitrogens with one attached hydrogen (secondary N) is 2. The number of rotatable bonds is 9. The third-order valence-electron chi connectivity index (χ3n) is 8.83. The van der Waals surface area contributed by atoms with Gasteiger partial charge in [-0.05, 0) is 67.6 Å². The highest BCUT2D eigenvalue weighted by Gasteiger charge is 2.40. The summed E-state index contributed by atoms with van der Waals surface area (Å²) in [4.78, 5) is 30.9. The molecule has 10 nitrogen and oxygen atoms in total. The van der Waals surface area contributed by atoms with E-state index in [1.54, 1.807) is 0 Å². The minimum atomic E-state index is -4.72. The second-order valence-corrected chi connectivity index (χ2v) is 14.0. The Kier molecular flexibility index (Phi) is 10.4. The van der Waals surface area contributed by atoms with Gasteiger partial charge in [-0.1, -0.05) is 18.2 Å². The van der Waals surface area contributed by atoms with Crippen LogP contribution >= 0.6 is 0 Å². The average Bonchev–Trinajstić information content (AvgIpc) is 3.15. The zero-order valence-corrected chi connectivity index (χ0v) is 26.6. The first-order valence-corrected chi connectivity index (χ1v) is 16.8. The van der Waals surface area contributed by atoms with Crippen LogP contribution in [0, 0.1) is 11.6 Å². The predicted octanol–water partition coefficient (Wildman–Crippen LogP) is 4.83. The van der Waals surface area contributed by atoms with Crippen molar-refractivity contribution in [3.05, 3.63) is 94.8 Å². The molecule has 0 saturated carbocycles. The summed E-state index contributed by atoms with van der Waals surface area (Å²) >= 11 is 0. The van der Waals surface area contributed by atoms with Crippen molar-refractivity contribution in [2.45, 2.75) is 55.9 Å². The third kappa shape index (κ3) is 7.76. The molecular weight excluding hydrogens is 661 g/mol. The highest BCUT2D eigenvalue weighted by molar-refractivity contribution is 7.89. The number of nitrogens with zero attached hydrogens (tertiary/aromatic N) is 3. The van der Waals surface area contributed by atoms with Crippen molar-refractivity contribution in [1.82, 2.24) is 19.5 Å². The molecule has 2 fully saturated rings. The average molecular weight is 696 g/mol. The number of benzene rings is 2. The molecule has 2 saturated heterocycles. The lowest BCUT2D eigenvalue weighted by atomic mass is 9.86. The third-order valence-corrected chi connectivity index (χ3v) is 10.8. The second-order valence-electron chi connectivity index (χ2n) is 11.9. The van der Waals surface area contributed by atoms with Gasteiger partial charge >= 0.3 is 12.3 Å². The van der Waals surface area contributed by atoms with E-state index in [0.717, 1.165) is 37.7 Å². The maximum atomic E-state index is 15.3. The van der Waals surface area contributed by atoms with Crippen molar-refractivity contribution in [3.63, 3.8) is 0 Å². The van der Waals surface area contributed by atoms with E-state index in [9.17, 15) is 40.7 Å². The van der Waals surface area contributed by atoms with Crippen LogP contribution in [0.15, 0.2) is 60.8 Å². The number of anilines is 1. The molecule has 0 aliphatic carbocycles. The first-order chi connectivity index (χ1) is 22.7. The van der Waals surface area contributed by atoms with E-state index < -0.39 is 63.4 Å². The lowest BCUT2D eigenvalue weighted by Gasteiger charge is -2.37.